The quantitative estimate of drug-likeness (QED) is 0.897. The molecule has 0 radical (unpaired) electrons. The second kappa shape index (κ2) is 6.61. The smallest absolute Gasteiger partial charge is 0.267 e. The zero-order valence-electron chi connectivity index (χ0n) is 14.5. The molecule has 0 aromatic heterocycles. The number of para-hydroxylation sites is 2. The lowest BCUT2D eigenvalue weighted by Crippen LogP contribution is -2.50. The molecule has 0 spiro atoms. The van der Waals surface area contributed by atoms with Crippen molar-refractivity contribution >= 4 is 5.91 Å². The molecule has 1 saturated heterocycles. The number of nitrogens with two attached hydrogens (primary N) is 1. The average molecular weight is 356 g/mol. The molecule has 0 aliphatic carbocycles. The van der Waals surface area contributed by atoms with Gasteiger partial charge in [0, 0.05) is 25.0 Å². The fourth-order valence-corrected chi connectivity index (χ4v) is 3.67. The first-order valence-corrected chi connectivity index (χ1v) is 8.75. The molecule has 5 nitrogen and oxygen atoms in total. The lowest BCUT2D eigenvalue weighted by Gasteiger charge is -2.33. The molecule has 6 heteroatoms. The van der Waals surface area contributed by atoms with Crippen LogP contribution >= 0.6 is 0 Å². The van der Waals surface area contributed by atoms with Crippen LogP contribution in [-0.2, 0) is 4.79 Å². The Labute approximate surface area is 151 Å². The van der Waals surface area contributed by atoms with Crippen molar-refractivity contribution in [3.05, 3.63) is 59.9 Å². The molecule has 0 saturated carbocycles. The minimum Gasteiger partial charge on any atom is -0.482 e. The number of benzene rings is 2. The number of carbonyl (C=O) groups is 1. The number of nitrogens with zero attached hydrogens (tertiary/aromatic N) is 1. The Morgan fingerprint density at radius 3 is 2.58 bits per heavy atom. The lowest BCUT2D eigenvalue weighted by atomic mass is 9.95. The summed E-state index contributed by atoms with van der Waals surface area (Å²) in [6.07, 6.45) is -1.12. The van der Waals surface area contributed by atoms with E-state index in [1.54, 1.807) is 17.0 Å². The van der Waals surface area contributed by atoms with Gasteiger partial charge in [-0.3, -0.25) is 4.79 Å². The van der Waals surface area contributed by atoms with E-state index in [0.29, 0.717) is 24.6 Å². The highest BCUT2D eigenvalue weighted by Gasteiger charge is 2.41. The van der Waals surface area contributed by atoms with Gasteiger partial charge in [-0.1, -0.05) is 24.3 Å². The molecule has 2 unspecified atom stereocenters. The molecule has 2 aliphatic rings. The molecule has 0 bridgehead atoms. The summed E-state index contributed by atoms with van der Waals surface area (Å²) in [5.41, 5.74) is 7.05. The second-order valence-corrected chi connectivity index (χ2v) is 6.88. The van der Waals surface area contributed by atoms with E-state index in [2.05, 4.69) is 0 Å². The third-order valence-electron chi connectivity index (χ3n) is 5.04. The van der Waals surface area contributed by atoms with Crippen LogP contribution in [0.2, 0.25) is 0 Å². The van der Waals surface area contributed by atoms with Crippen LogP contribution < -0.4 is 15.2 Å². The van der Waals surface area contributed by atoms with Crippen LogP contribution in [0.4, 0.5) is 4.39 Å². The average Bonchev–Trinajstić information content (AvgIpc) is 3.02. The van der Waals surface area contributed by atoms with E-state index in [9.17, 15) is 9.18 Å². The highest BCUT2D eigenvalue weighted by atomic mass is 19.1. The first-order valence-electron chi connectivity index (χ1n) is 8.75. The maximum Gasteiger partial charge on any atom is 0.267 e. The number of rotatable bonds is 2. The van der Waals surface area contributed by atoms with Crippen molar-refractivity contribution in [2.75, 3.05) is 13.1 Å². The number of ether oxygens (including phenoxy) is 2. The molecule has 1 amide bonds. The molecule has 136 valence electrons. The van der Waals surface area contributed by atoms with Crippen molar-refractivity contribution in [2.24, 2.45) is 5.73 Å². The first kappa shape index (κ1) is 16.8. The Morgan fingerprint density at radius 2 is 1.85 bits per heavy atom. The summed E-state index contributed by atoms with van der Waals surface area (Å²) in [7, 11) is 0. The zero-order valence-corrected chi connectivity index (χ0v) is 14.5. The molecule has 2 N–H and O–H groups in total. The van der Waals surface area contributed by atoms with Crippen molar-refractivity contribution in [3.8, 4) is 11.5 Å². The SMILES string of the molecule is CC1Oc2ccccc2OC1C(=O)N1C[C@@H](N)[C@H](c2cccc(F)c2)C1. The summed E-state index contributed by atoms with van der Waals surface area (Å²) in [5.74, 6) is 0.658. The van der Waals surface area contributed by atoms with Crippen molar-refractivity contribution in [1.82, 2.24) is 4.90 Å². The minimum absolute atomic E-state index is 0.0956. The van der Waals surface area contributed by atoms with Crippen molar-refractivity contribution in [3.63, 3.8) is 0 Å². The Bertz CT molecular complexity index is 828. The van der Waals surface area contributed by atoms with Gasteiger partial charge in [-0.2, -0.15) is 0 Å². The van der Waals surface area contributed by atoms with Gasteiger partial charge in [0.25, 0.3) is 5.91 Å². The normalized spacial score (nSPS) is 27.4. The minimum atomic E-state index is -0.719. The fraction of sp³-hybridized carbons (Fsp3) is 0.350. The van der Waals surface area contributed by atoms with Crippen molar-refractivity contribution in [2.45, 2.75) is 31.1 Å². The van der Waals surface area contributed by atoms with E-state index in [0.717, 1.165) is 5.56 Å². The Hall–Kier alpha value is -2.60. The summed E-state index contributed by atoms with van der Waals surface area (Å²) >= 11 is 0. The van der Waals surface area contributed by atoms with Crippen LogP contribution in [0.3, 0.4) is 0 Å². The van der Waals surface area contributed by atoms with Gasteiger partial charge in [-0.15, -0.1) is 0 Å². The fourth-order valence-electron chi connectivity index (χ4n) is 3.67. The predicted octanol–water partition coefficient (Wildman–Crippen LogP) is 2.31. The number of halogens is 1. The van der Waals surface area contributed by atoms with Gasteiger partial charge in [0.2, 0.25) is 6.10 Å². The Kier molecular flexibility index (Phi) is 4.28. The largest absolute Gasteiger partial charge is 0.482 e. The van der Waals surface area contributed by atoms with Crippen molar-refractivity contribution < 1.29 is 18.7 Å². The third-order valence-corrected chi connectivity index (χ3v) is 5.04. The van der Waals surface area contributed by atoms with Crippen LogP contribution in [-0.4, -0.2) is 42.1 Å². The zero-order chi connectivity index (χ0) is 18.3. The van der Waals surface area contributed by atoms with Crippen LogP contribution in [0, 0.1) is 5.82 Å². The van der Waals surface area contributed by atoms with Crippen LogP contribution in [0.15, 0.2) is 48.5 Å². The third kappa shape index (κ3) is 3.01. The predicted molar refractivity (Wildman–Crippen MR) is 94.6 cm³/mol. The molecule has 2 heterocycles. The van der Waals surface area contributed by atoms with E-state index in [4.69, 9.17) is 15.2 Å². The molecular formula is C20H21FN2O3. The molecule has 2 aromatic carbocycles. The van der Waals surface area contributed by atoms with Crippen LogP contribution in [0.25, 0.3) is 0 Å². The van der Waals surface area contributed by atoms with Gasteiger partial charge in [0.1, 0.15) is 11.9 Å². The number of amides is 1. The highest BCUT2D eigenvalue weighted by molar-refractivity contribution is 5.83. The number of hydrogen-bond acceptors (Lipinski definition) is 4. The molecule has 2 aromatic rings. The molecule has 26 heavy (non-hydrogen) atoms. The van der Waals surface area contributed by atoms with Crippen LogP contribution in [0.5, 0.6) is 11.5 Å². The number of fused-ring (bicyclic) bond motifs is 1. The summed E-state index contributed by atoms with van der Waals surface area (Å²) in [6, 6.07) is 13.5. The summed E-state index contributed by atoms with van der Waals surface area (Å²) in [4.78, 5) is 14.7. The van der Waals surface area contributed by atoms with Crippen molar-refractivity contribution in [1.29, 1.82) is 0 Å². The topological polar surface area (TPSA) is 64.8 Å². The van der Waals surface area contributed by atoms with Gasteiger partial charge in [-0.05, 0) is 36.8 Å². The standard InChI is InChI=1S/C20H21FN2O3/c1-12-19(26-18-8-3-2-7-17(18)25-12)20(24)23-10-15(16(22)11-23)13-5-4-6-14(21)9-13/h2-9,12,15-16,19H,10-11,22H2,1H3/t12?,15-,16+,19?/m0/s1. The van der Waals surface area contributed by atoms with Gasteiger partial charge in [0.15, 0.2) is 11.5 Å². The van der Waals surface area contributed by atoms with E-state index < -0.39 is 12.2 Å². The monoisotopic (exact) mass is 356 g/mol. The summed E-state index contributed by atoms with van der Waals surface area (Å²) in [6.45, 7) is 2.67. The van der Waals surface area contributed by atoms with E-state index in [-0.39, 0.29) is 23.7 Å². The summed E-state index contributed by atoms with van der Waals surface area (Å²) < 4.78 is 25.3. The van der Waals surface area contributed by atoms with E-state index >= 15 is 0 Å². The summed E-state index contributed by atoms with van der Waals surface area (Å²) in [5, 5.41) is 0. The lowest BCUT2D eigenvalue weighted by molar-refractivity contribution is -0.143. The van der Waals surface area contributed by atoms with Crippen LogP contribution in [0.1, 0.15) is 18.4 Å². The Morgan fingerprint density at radius 1 is 1.12 bits per heavy atom. The number of likely N-dealkylation sites (tertiary alicyclic amines) is 1. The molecule has 4 atom stereocenters. The molecule has 1 fully saturated rings. The maximum absolute atomic E-state index is 13.5. The molecule has 4 rings (SSSR count). The van der Waals surface area contributed by atoms with Gasteiger partial charge < -0.3 is 20.1 Å². The number of carbonyl (C=O) groups excluding carboxylic acids is 1. The van der Waals surface area contributed by atoms with Gasteiger partial charge in [0.05, 0.1) is 0 Å². The molecular weight excluding hydrogens is 335 g/mol. The van der Waals surface area contributed by atoms with Gasteiger partial charge in [-0.25, -0.2) is 4.39 Å². The van der Waals surface area contributed by atoms with Gasteiger partial charge >= 0.3 is 0 Å². The first-order chi connectivity index (χ1) is 12.5. The van der Waals surface area contributed by atoms with E-state index in [1.165, 1.54) is 12.1 Å². The number of hydrogen-bond donors (Lipinski definition) is 1. The second-order valence-electron chi connectivity index (χ2n) is 6.88. The Balaban J connectivity index is 1.51. The molecule has 2 aliphatic heterocycles. The maximum atomic E-state index is 13.5. The van der Waals surface area contributed by atoms with E-state index in [1.807, 2.05) is 31.2 Å². The highest BCUT2D eigenvalue weighted by Crippen LogP contribution is 2.35.